The van der Waals surface area contributed by atoms with Crippen LogP contribution in [0.15, 0.2) is 16.5 Å². The topological polar surface area (TPSA) is 94.0 Å². The second-order valence-electron chi connectivity index (χ2n) is 5.26. The molecule has 2 rings (SSSR count). The third-order valence-electron chi connectivity index (χ3n) is 2.99. The highest BCUT2D eigenvalue weighted by atomic mass is 16.4. The maximum Gasteiger partial charge on any atom is 0.308 e. The van der Waals surface area contributed by atoms with Crippen molar-refractivity contribution in [1.82, 2.24) is 20.2 Å². The van der Waals surface area contributed by atoms with Crippen LogP contribution < -0.4 is 0 Å². The summed E-state index contributed by atoms with van der Waals surface area (Å²) < 4.78 is 6.97. The number of hydrogen-bond acceptors (Lipinski definition) is 5. The molecular formula is C13H18N4O3. The first kappa shape index (κ1) is 14.2. The molecule has 2 aromatic heterocycles. The first-order chi connectivity index (χ1) is 9.47. The average Bonchev–Trinajstić information content (AvgIpc) is 2.96. The van der Waals surface area contributed by atoms with Crippen molar-refractivity contribution in [2.75, 3.05) is 0 Å². The van der Waals surface area contributed by atoms with Crippen molar-refractivity contribution in [1.29, 1.82) is 0 Å². The molecule has 1 unspecified atom stereocenters. The zero-order chi connectivity index (χ0) is 14.7. The lowest BCUT2D eigenvalue weighted by atomic mass is 9.97. The average molecular weight is 278 g/mol. The van der Waals surface area contributed by atoms with Crippen molar-refractivity contribution < 1.29 is 14.3 Å². The monoisotopic (exact) mass is 278 g/mol. The van der Waals surface area contributed by atoms with Crippen LogP contribution in [0.3, 0.4) is 0 Å². The third kappa shape index (κ3) is 3.23. The van der Waals surface area contributed by atoms with E-state index in [1.807, 2.05) is 26.8 Å². The standard InChI is InChI=1S/C13H18N4O3/c1-8(2)6-10(13(18)19)7-17-12(14-15-16-17)11-5-4-9(3)20-11/h4-5,8,10H,6-7H2,1-3H3,(H,18,19). The van der Waals surface area contributed by atoms with Gasteiger partial charge in [0.05, 0.1) is 12.5 Å². The molecule has 0 fully saturated rings. The Labute approximate surface area is 116 Å². The van der Waals surface area contributed by atoms with Gasteiger partial charge in [-0.15, -0.1) is 5.10 Å². The Balaban J connectivity index is 2.21. The highest BCUT2D eigenvalue weighted by molar-refractivity contribution is 5.70. The van der Waals surface area contributed by atoms with E-state index < -0.39 is 11.9 Å². The van der Waals surface area contributed by atoms with Crippen LogP contribution in [0.5, 0.6) is 0 Å². The molecule has 108 valence electrons. The van der Waals surface area contributed by atoms with E-state index in [0.717, 1.165) is 5.76 Å². The fourth-order valence-corrected chi connectivity index (χ4v) is 2.09. The summed E-state index contributed by atoms with van der Waals surface area (Å²) in [6.45, 7) is 6.05. The molecule has 7 nitrogen and oxygen atoms in total. The summed E-state index contributed by atoms with van der Waals surface area (Å²) in [7, 11) is 0. The number of carboxylic acids is 1. The van der Waals surface area contributed by atoms with E-state index in [0.29, 0.717) is 23.9 Å². The number of aromatic nitrogens is 4. The quantitative estimate of drug-likeness (QED) is 0.868. The van der Waals surface area contributed by atoms with Crippen molar-refractivity contribution in [2.24, 2.45) is 11.8 Å². The fourth-order valence-electron chi connectivity index (χ4n) is 2.09. The van der Waals surface area contributed by atoms with Crippen molar-refractivity contribution >= 4 is 5.97 Å². The normalized spacial score (nSPS) is 12.8. The minimum atomic E-state index is -0.837. The SMILES string of the molecule is Cc1ccc(-c2nnnn2CC(CC(C)C)C(=O)O)o1. The zero-order valence-corrected chi connectivity index (χ0v) is 11.8. The van der Waals surface area contributed by atoms with Crippen molar-refractivity contribution in [3.8, 4) is 11.6 Å². The van der Waals surface area contributed by atoms with Gasteiger partial charge in [0.25, 0.3) is 0 Å². The van der Waals surface area contributed by atoms with Gasteiger partial charge >= 0.3 is 5.97 Å². The highest BCUT2D eigenvalue weighted by Crippen LogP contribution is 2.21. The lowest BCUT2D eigenvalue weighted by Gasteiger charge is -2.14. The van der Waals surface area contributed by atoms with Gasteiger partial charge in [-0.1, -0.05) is 13.8 Å². The van der Waals surface area contributed by atoms with Crippen LogP contribution in [0.2, 0.25) is 0 Å². The van der Waals surface area contributed by atoms with Gasteiger partial charge in [0.2, 0.25) is 5.82 Å². The van der Waals surface area contributed by atoms with Crippen LogP contribution in [-0.4, -0.2) is 31.3 Å². The van der Waals surface area contributed by atoms with Gasteiger partial charge in [-0.2, -0.15) is 0 Å². The van der Waals surface area contributed by atoms with Gasteiger partial charge in [0, 0.05) is 0 Å². The Morgan fingerprint density at radius 3 is 2.75 bits per heavy atom. The Morgan fingerprint density at radius 2 is 2.20 bits per heavy atom. The number of aryl methyl sites for hydroxylation is 1. The molecule has 0 amide bonds. The summed E-state index contributed by atoms with van der Waals surface area (Å²) in [5, 5.41) is 20.7. The van der Waals surface area contributed by atoms with Gasteiger partial charge in [-0.25, -0.2) is 4.68 Å². The Hall–Kier alpha value is -2.18. The summed E-state index contributed by atoms with van der Waals surface area (Å²) in [6, 6.07) is 3.59. The molecule has 20 heavy (non-hydrogen) atoms. The number of carboxylic acid groups (broad SMARTS) is 1. The van der Waals surface area contributed by atoms with E-state index >= 15 is 0 Å². The van der Waals surface area contributed by atoms with E-state index in [4.69, 9.17) is 4.42 Å². The van der Waals surface area contributed by atoms with Crippen LogP contribution in [0, 0.1) is 18.8 Å². The maximum atomic E-state index is 11.3. The summed E-state index contributed by atoms with van der Waals surface area (Å²) in [6.07, 6.45) is 0.575. The maximum absolute atomic E-state index is 11.3. The van der Waals surface area contributed by atoms with Gasteiger partial charge in [-0.3, -0.25) is 4.79 Å². The fraction of sp³-hybridized carbons (Fsp3) is 0.538. The van der Waals surface area contributed by atoms with E-state index in [1.165, 1.54) is 4.68 Å². The predicted octanol–water partition coefficient (Wildman–Crippen LogP) is 1.99. The number of furan rings is 1. The second kappa shape index (κ2) is 5.85. The number of nitrogens with zero attached hydrogens (tertiary/aromatic N) is 4. The van der Waals surface area contributed by atoms with Gasteiger partial charge in [-0.05, 0) is 41.8 Å². The molecule has 1 atom stereocenters. The van der Waals surface area contributed by atoms with Crippen LogP contribution in [-0.2, 0) is 11.3 Å². The lowest BCUT2D eigenvalue weighted by Crippen LogP contribution is -2.23. The summed E-state index contributed by atoms with van der Waals surface area (Å²) in [5.41, 5.74) is 0. The van der Waals surface area contributed by atoms with Gasteiger partial charge in [0.1, 0.15) is 5.76 Å². The molecule has 1 N–H and O–H groups in total. The molecule has 0 aliphatic heterocycles. The minimum Gasteiger partial charge on any atom is -0.481 e. The van der Waals surface area contributed by atoms with Crippen LogP contribution in [0.25, 0.3) is 11.6 Å². The molecule has 0 aliphatic carbocycles. The van der Waals surface area contributed by atoms with Crippen LogP contribution >= 0.6 is 0 Å². The Kier molecular flexibility index (Phi) is 4.16. The second-order valence-corrected chi connectivity index (χ2v) is 5.26. The number of hydrogen-bond donors (Lipinski definition) is 1. The molecule has 0 saturated heterocycles. The third-order valence-corrected chi connectivity index (χ3v) is 2.99. The molecule has 2 aromatic rings. The van der Waals surface area contributed by atoms with E-state index in [9.17, 15) is 9.90 Å². The Morgan fingerprint density at radius 1 is 1.45 bits per heavy atom. The smallest absolute Gasteiger partial charge is 0.308 e. The number of carbonyl (C=O) groups is 1. The first-order valence-electron chi connectivity index (χ1n) is 6.53. The highest BCUT2D eigenvalue weighted by Gasteiger charge is 2.23. The molecule has 0 aliphatic rings. The first-order valence-corrected chi connectivity index (χ1v) is 6.53. The largest absolute Gasteiger partial charge is 0.481 e. The summed E-state index contributed by atoms with van der Waals surface area (Å²) >= 11 is 0. The van der Waals surface area contributed by atoms with Crippen molar-refractivity contribution in [2.45, 2.75) is 33.7 Å². The molecule has 7 heteroatoms. The van der Waals surface area contributed by atoms with Crippen molar-refractivity contribution in [3.05, 3.63) is 17.9 Å². The van der Waals surface area contributed by atoms with Gasteiger partial charge in [0.15, 0.2) is 5.76 Å². The molecule has 0 radical (unpaired) electrons. The van der Waals surface area contributed by atoms with Crippen molar-refractivity contribution in [3.63, 3.8) is 0 Å². The molecule has 0 aromatic carbocycles. The number of tetrazole rings is 1. The van der Waals surface area contributed by atoms with E-state index in [-0.39, 0.29) is 6.54 Å². The lowest BCUT2D eigenvalue weighted by molar-refractivity contribution is -0.142. The van der Waals surface area contributed by atoms with E-state index in [1.54, 1.807) is 6.07 Å². The molecular weight excluding hydrogens is 260 g/mol. The molecule has 0 bridgehead atoms. The minimum absolute atomic E-state index is 0.232. The predicted molar refractivity (Wildman–Crippen MR) is 70.8 cm³/mol. The number of aliphatic carboxylic acids is 1. The Bertz CT molecular complexity index is 588. The zero-order valence-electron chi connectivity index (χ0n) is 11.8. The molecule has 2 heterocycles. The molecule has 0 spiro atoms. The van der Waals surface area contributed by atoms with Crippen LogP contribution in [0.4, 0.5) is 0 Å². The summed E-state index contributed by atoms with van der Waals surface area (Å²) in [5.74, 6) is 0.687. The van der Waals surface area contributed by atoms with Gasteiger partial charge < -0.3 is 9.52 Å². The molecule has 0 saturated carbocycles. The summed E-state index contributed by atoms with van der Waals surface area (Å²) in [4.78, 5) is 11.3. The van der Waals surface area contributed by atoms with E-state index in [2.05, 4.69) is 15.5 Å². The van der Waals surface area contributed by atoms with Crippen LogP contribution in [0.1, 0.15) is 26.0 Å². The number of rotatable bonds is 6.